The Morgan fingerprint density at radius 1 is 1.16 bits per heavy atom. The summed E-state index contributed by atoms with van der Waals surface area (Å²) in [5.74, 6) is 0.770. The number of nitrogens with zero attached hydrogens (tertiary/aromatic N) is 1. The van der Waals surface area contributed by atoms with E-state index in [1.165, 1.54) is 24.8 Å². The molecule has 3 heteroatoms. The zero-order valence-electron chi connectivity index (χ0n) is 10.7. The second-order valence-electron chi connectivity index (χ2n) is 5.14. The summed E-state index contributed by atoms with van der Waals surface area (Å²) in [7, 11) is 0. The average molecular weight is 317 g/mol. The molecule has 0 bridgehead atoms. The third-order valence-electron chi connectivity index (χ3n) is 3.95. The van der Waals surface area contributed by atoms with Crippen LogP contribution in [-0.4, -0.2) is 4.98 Å². The molecule has 1 unspecified atom stereocenters. The molecule has 19 heavy (non-hydrogen) atoms. The minimum absolute atomic E-state index is 0.175. The Balaban J connectivity index is 1.83. The maximum absolute atomic E-state index is 6.30. The molecule has 1 aromatic heterocycles. The predicted octanol–water partition coefficient (Wildman–Crippen LogP) is 4.16. The van der Waals surface area contributed by atoms with Gasteiger partial charge in [0.2, 0.25) is 0 Å². The van der Waals surface area contributed by atoms with Gasteiger partial charge in [0.25, 0.3) is 0 Å². The lowest BCUT2D eigenvalue weighted by atomic mass is 9.80. The molecule has 0 radical (unpaired) electrons. The smallest absolute Gasteiger partial charge is 0.0758 e. The summed E-state index contributed by atoms with van der Waals surface area (Å²) in [5, 5.41) is 0. The van der Waals surface area contributed by atoms with E-state index in [-0.39, 0.29) is 6.04 Å². The van der Waals surface area contributed by atoms with Gasteiger partial charge in [0.15, 0.2) is 0 Å². The van der Waals surface area contributed by atoms with Crippen molar-refractivity contribution in [2.75, 3.05) is 0 Å². The van der Waals surface area contributed by atoms with Gasteiger partial charge in [-0.3, -0.25) is 4.98 Å². The van der Waals surface area contributed by atoms with Crippen molar-refractivity contribution in [3.63, 3.8) is 0 Å². The standard InChI is InChI=1S/C16H17BrN2/c17-14-5-2-10-19-16(14)15(18)13-8-6-12(7-9-13)11-3-1-4-11/h2,5-11,15H,1,3-4,18H2. The second-order valence-corrected chi connectivity index (χ2v) is 6.00. The van der Waals surface area contributed by atoms with Crippen LogP contribution in [0.4, 0.5) is 0 Å². The number of hydrogen-bond acceptors (Lipinski definition) is 2. The lowest BCUT2D eigenvalue weighted by Gasteiger charge is -2.26. The molecule has 0 amide bonds. The SMILES string of the molecule is NC(c1ccc(C2CCC2)cc1)c1ncccc1Br. The Kier molecular flexibility index (Phi) is 3.67. The van der Waals surface area contributed by atoms with Gasteiger partial charge in [0.05, 0.1) is 11.7 Å². The Morgan fingerprint density at radius 2 is 1.89 bits per heavy atom. The fourth-order valence-corrected chi connectivity index (χ4v) is 3.00. The number of hydrogen-bond donors (Lipinski definition) is 1. The number of rotatable bonds is 3. The van der Waals surface area contributed by atoms with Crippen molar-refractivity contribution < 1.29 is 0 Å². The van der Waals surface area contributed by atoms with Crippen LogP contribution in [0.1, 0.15) is 48.0 Å². The summed E-state index contributed by atoms with van der Waals surface area (Å²) in [5.41, 5.74) is 9.75. The van der Waals surface area contributed by atoms with E-state index in [2.05, 4.69) is 45.2 Å². The Labute approximate surface area is 122 Å². The first kappa shape index (κ1) is 12.8. The van der Waals surface area contributed by atoms with Crippen molar-refractivity contribution in [3.05, 3.63) is 63.9 Å². The van der Waals surface area contributed by atoms with Crippen LogP contribution in [0.5, 0.6) is 0 Å². The topological polar surface area (TPSA) is 38.9 Å². The minimum atomic E-state index is -0.175. The maximum atomic E-state index is 6.30. The van der Waals surface area contributed by atoms with Crippen LogP contribution in [-0.2, 0) is 0 Å². The molecule has 2 aromatic rings. The van der Waals surface area contributed by atoms with Gasteiger partial charge < -0.3 is 5.73 Å². The predicted molar refractivity (Wildman–Crippen MR) is 81.0 cm³/mol. The highest BCUT2D eigenvalue weighted by Gasteiger charge is 2.20. The van der Waals surface area contributed by atoms with Crippen LogP contribution in [0.3, 0.4) is 0 Å². The summed E-state index contributed by atoms with van der Waals surface area (Å²) in [6.45, 7) is 0. The van der Waals surface area contributed by atoms with E-state index in [1.54, 1.807) is 6.20 Å². The van der Waals surface area contributed by atoms with E-state index in [1.807, 2.05) is 12.1 Å². The quantitative estimate of drug-likeness (QED) is 0.923. The Bertz CT molecular complexity index is 561. The molecule has 0 saturated heterocycles. The van der Waals surface area contributed by atoms with Crippen molar-refractivity contribution in [2.45, 2.75) is 31.2 Å². The lowest BCUT2D eigenvalue weighted by molar-refractivity contribution is 0.419. The first-order valence-electron chi connectivity index (χ1n) is 6.71. The molecular weight excluding hydrogens is 300 g/mol. The van der Waals surface area contributed by atoms with Gasteiger partial charge in [0.1, 0.15) is 0 Å². The van der Waals surface area contributed by atoms with E-state index in [4.69, 9.17) is 5.73 Å². The highest BCUT2D eigenvalue weighted by Crippen LogP contribution is 2.36. The van der Waals surface area contributed by atoms with Crippen molar-refractivity contribution >= 4 is 15.9 Å². The van der Waals surface area contributed by atoms with Crippen molar-refractivity contribution in [1.29, 1.82) is 0 Å². The summed E-state index contributed by atoms with van der Waals surface area (Å²) < 4.78 is 0.963. The van der Waals surface area contributed by atoms with Crippen LogP contribution < -0.4 is 5.73 Å². The molecule has 98 valence electrons. The van der Waals surface area contributed by atoms with Crippen molar-refractivity contribution in [1.82, 2.24) is 4.98 Å². The lowest BCUT2D eigenvalue weighted by Crippen LogP contribution is -2.14. The van der Waals surface area contributed by atoms with Crippen molar-refractivity contribution in [3.8, 4) is 0 Å². The fraction of sp³-hybridized carbons (Fsp3) is 0.312. The molecule has 0 spiro atoms. The number of pyridine rings is 1. The fourth-order valence-electron chi connectivity index (χ4n) is 2.50. The molecule has 2 nitrogen and oxygen atoms in total. The first-order chi connectivity index (χ1) is 9.25. The number of nitrogens with two attached hydrogens (primary N) is 1. The number of halogens is 1. The first-order valence-corrected chi connectivity index (χ1v) is 7.51. The normalized spacial score (nSPS) is 16.9. The maximum Gasteiger partial charge on any atom is 0.0758 e. The number of benzene rings is 1. The molecule has 1 heterocycles. The third-order valence-corrected chi connectivity index (χ3v) is 4.62. The van der Waals surface area contributed by atoms with Crippen LogP contribution in [0.15, 0.2) is 47.1 Å². The Morgan fingerprint density at radius 3 is 2.47 bits per heavy atom. The summed E-state index contributed by atoms with van der Waals surface area (Å²) in [4.78, 5) is 4.37. The third kappa shape index (κ3) is 2.58. The zero-order chi connectivity index (χ0) is 13.2. The van der Waals surface area contributed by atoms with Gasteiger partial charge in [-0.05, 0) is 57.9 Å². The molecule has 1 aromatic carbocycles. The van der Waals surface area contributed by atoms with Crippen LogP contribution >= 0.6 is 15.9 Å². The largest absolute Gasteiger partial charge is 0.319 e. The molecule has 3 rings (SSSR count). The molecule has 1 aliphatic carbocycles. The molecule has 1 saturated carbocycles. The van der Waals surface area contributed by atoms with Gasteiger partial charge in [-0.1, -0.05) is 30.7 Å². The van der Waals surface area contributed by atoms with Crippen LogP contribution in [0.25, 0.3) is 0 Å². The molecular formula is C16H17BrN2. The summed E-state index contributed by atoms with van der Waals surface area (Å²) in [6.07, 6.45) is 5.81. The molecule has 0 aliphatic heterocycles. The van der Waals surface area contributed by atoms with Gasteiger partial charge in [-0.2, -0.15) is 0 Å². The van der Waals surface area contributed by atoms with Crippen LogP contribution in [0, 0.1) is 0 Å². The Hall–Kier alpha value is -1.19. The van der Waals surface area contributed by atoms with E-state index in [0.717, 1.165) is 21.6 Å². The minimum Gasteiger partial charge on any atom is -0.319 e. The second kappa shape index (κ2) is 5.43. The molecule has 1 fully saturated rings. The van der Waals surface area contributed by atoms with Gasteiger partial charge in [-0.25, -0.2) is 0 Å². The van der Waals surface area contributed by atoms with Gasteiger partial charge in [-0.15, -0.1) is 0 Å². The molecule has 1 atom stereocenters. The van der Waals surface area contributed by atoms with Gasteiger partial charge >= 0.3 is 0 Å². The van der Waals surface area contributed by atoms with E-state index >= 15 is 0 Å². The molecule has 1 aliphatic rings. The zero-order valence-corrected chi connectivity index (χ0v) is 12.3. The van der Waals surface area contributed by atoms with E-state index in [9.17, 15) is 0 Å². The number of aromatic nitrogens is 1. The highest BCUT2D eigenvalue weighted by molar-refractivity contribution is 9.10. The summed E-state index contributed by atoms with van der Waals surface area (Å²) >= 11 is 3.51. The summed E-state index contributed by atoms with van der Waals surface area (Å²) in [6, 6.07) is 12.4. The van der Waals surface area contributed by atoms with Crippen molar-refractivity contribution in [2.24, 2.45) is 5.73 Å². The van der Waals surface area contributed by atoms with Crippen LogP contribution in [0.2, 0.25) is 0 Å². The molecule has 2 N–H and O–H groups in total. The highest BCUT2D eigenvalue weighted by atomic mass is 79.9. The average Bonchev–Trinajstić information content (AvgIpc) is 2.37. The monoisotopic (exact) mass is 316 g/mol. The van der Waals surface area contributed by atoms with Gasteiger partial charge in [0, 0.05) is 10.7 Å². The van der Waals surface area contributed by atoms with E-state index in [0.29, 0.717) is 0 Å². The van der Waals surface area contributed by atoms with E-state index < -0.39 is 0 Å².